The van der Waals surface area contributed by atoms with E-state index in [-0.39, 0.29) is 11.6 Å². The molecule has 0 radical (unpaired) electrons. The minimum atomic E-state index is -1.05. The highest BCUT2D eigenvalue weighted by molar-refractivity contribution is 9.10. The second-order valence-electron chi connectivity index (χ2n) is 4.07. The fourth-order valence-electron chi connectivity index (χ4n) is 1.55. The van der Waals surface area contributed by atoms with Crippen LogP contribution in [0, 0.1) is 0 Å². The summed E-state index contributed by atoms with van der Waals surface area (Å²) in [6, 6.07) is 4.92. The van der Waals surface area contributed by atoms with Crippen LogP contribution < -0.4 is 5.32 Å². The molecule has 5 nitrogen and oxygen atoms in total. The van der Waals surface area contributed by atoms with E-state index in [9.17, 15) is 9.59 Å². The van der Waals surface area contributed by atoms with Crippen LogP contribution in [0.2, 0.25) is 5.02 Å². The molecule has 110 valence electrons. The first-order valence-corrected chi connectivity index (χ1v) is 7.93. The first-order chi connectivity index (χ1) is 9.97. The van der Waals surface area contributed by atoms with Crippen molar-refractivity contribution in [3.8, 4) is 0 Å². The first-order valence-electron chi connectivity index (χ1n) is 5.88. The van der Waals surface area contributed by atoms with Crippen LogP contribution >= 0.6 is 38.9 Å². The van der Waals surface area contributed by atoms with E-state index in [0.717, 1.165) is 0 Å². The summed E-state index contributed by atoms with van der Waals surface area (Å²) in [6.07, 6.45) is 0.485. The lowest BCUT2D eigenvalue weighted by molar-refractivity contribution is 0.0690. The molecule has 1 aromatic heterocycles. The van der Waals surface area contributed by atoms with Gasteiger partial charge in [0.05, 0.1) is 10.0 Å². The average Bonchev–Trinajstić information content (AvgIpc) is 2.91. The maximum atomic E-state index is 11.9. The normalized spacial score (nSPS) is 10.4. The molecule has 0 saturated heterocycles. The number of thiazole rings is 1. The van der Waals surface area contributed by atoms with E-state index < -0.39 is 5.97 Å². The van der Waals surface area contributed by atoms with E-state index in [1.165, 1.54) is 16.7 Å². The van der Waals surface area contributed by atoms with Crippen LogP contribution in [0.15, 0.2) is 28.1 Å². The van der Waals surface area contributed by atoms with E-state index >= 15 is 0 Å². The van der Waals surface area contributed by atoms with Gasteiger partial charge in [0.1, 0.15) is 0 Å². The van der Waals surface area contributed by atoms with Gasteiger partial charge in [-0.3, -0.25) is 4.79 Å². The van der Waals surface area contributed by atoms with Crippen molar-refractivity contribution < 1.29 is 14.7 Å². The third-order valence-electron chi connectivity index (χ3n) is 2.58. The van der Waals surface area contributed by atoms with Gasteiger partial charge in [0.2, 0.25) is 0 Å². The van der Waals surface area contributed by atoms with Crippen LogP contribution in [0.1, 0.15) is 25.9 Å². The van der Waals surface area contributed by atoms with Gasteiger partial charge in [0, 0.05) is 28.4 Å². The molecule has 2 N–H and O–H groups in total. The number of nitrogens with one attached hydrogen (secondary N) is 1. The van der Waals surface area contributed by atoms with E-state index in [1.807, 2.05) is 0 Å². The maximum absolute atomic E-state index is 11.9. The van der Waals surface area contributed by atoms with Gasteiger partial charge >= 0.3 is 5.97 Å². The Hall–Kier alpha value is -1.44. The molecule has 1 aromatic carbocycles. The number of hydrogen-bond donors (Lipinski definition) is 2. The van der Waals surface area contributed by atoms with E-state index in [1.54, 1.807) is 18.2 Å². The Morgan fingerprint density at radius 3 is 2.81 bits per heavy atom. The Labute approximate surface area is 138 Å². The number of benzene rings is 1. The number of carboxylic acids is 1. The van der Waals surface area contributed by atoms with E-state index in [2.05, 4.69) is 26.2 Å². The van der Waals surface area contributed by atoms with Gasteiger partial charge in [-0.05, 0) is 34.1 Å². The van der Waals surface area contributed by atoms with Crippen molar-refractivity contribution in [1.82, 2.24) is 10.3 Å². The fourth-order valence-corrected chi connectivity index (χ4v) is 2.81. The third-order valence-corrected chi connectivity index (χ3v) is 4.70. The van der Waals surface area contributed by atoms with Gasteiger partial charge in [-0.2, -0.15) is 0 Å². The molecule has 0 bridgehead atoms. The minimum Gasteiger partial charge on any atom is -0.476 e. The van der Waals surface area contributed by atoms with E-state index in [4.69, 9.17) is 16.7 Å². The molecular formula is C13H10BrClN2O3S. The maximum Gasteiger partial charge on any atom is 0.355 e. The summed E-state index contributed by atoms with van der Waals surface area (Å²) < 4.78 is 0.655. The number of nitrogens with zero attached hydrogens (tertiary/aromatic N) is 1. The third kappa shape index (κ3) is 4.26. The molecule has 0 atom stereocenters. The number of carbonyl (C=O) groups excluding carboxylic acids is 1. The standard InChI is InChI=1S/C13H10BrClN2O3S/c14-8-5-7(1-2-9(8)15)12(18)16-4-3-11-17-10(6-21-11)13(19)20/h1-2,5-6H,3-4H2,(H,16,18)(H,19,20). The van der Waals surface area contributed by atoms with Gasteiger partial charge in [0.15, 0.2) is 5.69 Å². The van der Waals surface area contributed by atoms with Crippen LogP contribution in [0.25, 0.3) is 0 Å². The highest BCUT2D eigenvalue weighted by Crippen LogP contribution is 2.23. The summed E-state index contributed by atoms with van der Waals surface area (Å²) in [5.41, 5.74) is 0.527. The summed E-state index contributed by atoms with van der Waals surface area (Å²) in [7, 11) is 0. The molecule has 2 aromatic rings. The monoisotopic (exact) mass is 388 g/mol. The van der Waals surface area contributed by atoms with Crippen molar-refractivity contribution in [3.63, 3.8) is 0 Å². The molecule has 1 heterocycles. The van der Waals surface area contributed by atoms with Gasteiger partial charge < -0.3 is 10.4 Å². The van der Waals surface area contributed by atoms with Gasteiger partial charge in [0.25, 0.3) is 5.91 Å². The van der Waals surface area contributed by atoms with Crippen LogP contribution in [0.4, 0.5) is 0 Å². The summed E-state index contributed by atoms with van der Waals surface area (Å²) in [5, 5.41) is 14.2. The van der Waals surface area contributed by atoms with Crippen molar-refractivity contribution in [2.45, 2.75) is 6.42 Å². The number of hydrogen-bond acceptors (Lipinski definition) is 4. The number of carboxylic acid groups (broad SMARTS) is 1. The molecule has 0 unspecified atom stereocenters. The zero-order valence-electron chi connectivity index (χ0n) is 10.6. The first kappa shape index (κ1) is 15.9. The molecule has 0 fully saturated rings. The zero-order chi connectivity index (χ0) is 15.4. The van der Waals surface area contributed by atoms with Crippen molar-refractivity contribution in [1.29, 1.82) is 0 Å². The van der Waals surface area contributed by atoms with Crippen molar-refractivity contribution in [2.75, 3.05) is 6.54 Å². The summed E-state index contributed by atoms with van der Waals surface area (Å²) in [5.74, 6) is -1.27. The number of carbonyl (C=O) groups is 2. The predicted molar refractivity (Wildman–Crippen MR) is 84.3 cm³/mol. The summed E-state index contributed by atoms with van der Waals surface area (Å²) >= 11 is 10.4. The quantitative estimate of drug-likeness (QED) is 0.823. The molecule has 8 heteroatoms. The van der Waals surface area contributed by atoms with Crippen molar-refractivity contribution in [3.05, 3.63) is 49.3 Å². The van der Waals surface area contributed by atoms with Crippen LogP contribution in [-0.4, -0.2) is 28.5 Å². The average molecular weight is 390 g/mol. The minimum absolute atomic E-state index is 0.0305. The number of amides is 1. The number of rotatable bonds is 5. The van der Waals surface area contributed by atoms with Gasteiger partial charge in [-0.25, -0.2) is 9.78 Å². The van der Waals surface area contributed by atoms with Gasteiger partial charge in [-0.1, -0.05) is 11.6 Å². The molecule has 0 spiro atoms. The summed E-state index contributed by atoms with van der Waals surface area (Å²) in [4.78, 5) is 26.6. The molecular weight excluding hydrogens is 380 g/mol. The van der Waals surface area contributed by atoms with Crippen molar-refractivity contribution >= 4 is 50.7 Å². The Morgan fingerprint density at radius 1 is 1.43 bits per heavy atom. The fraction of sp³-hybridized carbons (Fsp3) is 0.154. The Balaban J connectivity index is 1.88. The predicted octanol–water partition coefficient (Wildman–Crippen LogP) is 3.23. The number of aromatic nitrogens is 1. The second-order valence-corrected chi connectivity index (χ2v) is 6.27. The molecule has 0 aliphatic heterocycles. The lowest BCUT2D eigenvalue weighted by Crippen LogP contribution is -2.25. The lowest BCUT2D eigenvalue weighted by atomic mass is 10.2. The highest BCUT2D eigenvalue weighted by Gasteiger charge is 2.10. The Kier molecular flexibility index (Phi) is 5.33. The zero-order valence-corrected chi connectivity index (χ0v) is 13.8. The van der Waals surface area contributed by atoms with E-state index in [0.29, 0.717) is 33.0 Å². The molecule has 1 amide bonds. The number of halogens is 2. The molecule has 21 heavy (non-hydrogen) atoms. The largest absolute Gasteiger partial charge is 0.476 e. The second kappa shape index (κ2) is 7.02. The number of aromatic carboxylic acids is 1. The Morgan fingerprint density at radius 2 is 2.19 bits per heavy atom. The lowest BCUT2D eigenvalue weighted by Gasteiger charge is -2.05. The van der Waals surface area contributed by atoms with Crippen LogP contribution in [-0.2, 0) is 6.42 Å². The smallest absolute Gasteiger partial charge is 0.355 e. The summed E-state index contributed by atoms with van der Waals surface area (Å²) in [6.45, 7) is 0.381. The SMILES string of the molecule is O=C(NCCc1nc(C(=O)O)cs1)c1ccc(Cl)c(Br)c1. The highest BCUT2D eigenvalue weighted by atomic mass is 79.9. The van der Waals surface area contributed by atoms with Crippen LogP contribution in [0.3, 0.4) is 0 Å². The van der Waals surface area contributed by atoms with Gasteiger partial charge in [-0.15, -0.1) is 11.3 Å². The molecule has 0 aliphatic rings. The van der Waals surface area contributed by atoms with Crippen molar-refractivity contribution in [2.24, 2.45) is 0 Å². The topological polar surface area (TPSA) is 79.3 Å². The Bertz CT molecular complexity index is 690. The molecule has 0 saturated carbocycles. The molecule has 2 rings (SSSR count). The molecule has 0 aliphatic carbocycles. The van der Waals surface area contributed by atoms with Crippen LogP contribution in [0.5, 0.6) is 0 Å².